The summed E-state index contributed by atoms with van der Waals surface area (Å²) in [6, 6.07) is 5.62. The molecular formula is C12H16ClN3. The van der Waals surface area contributed by atoms with E-state index >= 15 is 0 Å². The average Bonchev–Trinajstić information content (AvgIpc) is 2.71. The number of aromatic nitrogens is 2. The zero-order valence-electron chi connectivity index (χ0n) is 9.55. The highest BCUT2D eigenvalue weighted by molar-refractivity contribution is 6.31. The molecule has 4 heteroatoms. The summed E-state index contributed by atoms with van der Waals surface area (Å²) in [6.07, 6.45) is 1.72. The predicted molar refractivity (Wildman–Crippen MR) is 67.6 cm³/mol. The van der Waals surface area contributed by atoms with Gasteiger partial charge >= 0.3 is 0 Å². The Balaban J connectivity index is 2.54. The summed E-state index contributed by atoms with van der Waals surface area (Å²) in [4.78, 5) is 7.79. The zero-order valence-corrected chi connectivity index (χ0v) is 10.3. The molecule has 0 spiro atoms. The van der Waals surface area contributed by atoms with E-state index in [0.717, 1.165) is 29.7 Å². The molecule has 1 heterocycles. The van der Waals surface area contributed by atoms with Gasteiger partial charge in [0.05, 0.1) is 16.6 Å². The lowest BCUT2D eigenvalue weighted by atomic mass is 9.93. The van der Waals surface area contributed by atoms with Crippen LogP contribution in [0.2, 0.25) is 5.02 Å². The first-order valence-corrected chi connectivity index (χ1v) is 5.91. The van der Waals surface area contributed by atoms with E-state index in [2.05, 4.69) is 23.8 Å². The fraction of sp³-hybridized carbons (Fsp3) is 0.417. The van der Waals surface area contributed by atoms with Gasteiger partial charge < -0.3 is 10.7 Å². The van der Waals surface area contributed by atoms with Gasteiger partial charge in [-0.2, -0.15) is 0 Å². The minimum Gasteiger partial charge on any atom is -0.340 e. The van der Waals surface area contributed by atoms with Crippen LogP contribution < -0.4 is 5.73 Å². The number of nitrogens with two attached hydrogens (primary N) is 1. The molecule has 0 aliphatic heterocycles. The van der Waals surface area contributed by atoms with Crippen molar-refractivity contribution < 1.29 is 0 Å². The fourth-order valence-corrected chi connectivity index (χ4v) is 1.97. The van der Waals surface area contributed by atoms with E-state index in [4.69, 9.17) is 17.3 Å². The van der Waals surface area contributed by atoms with Gasteiger partial charge in [-0.25, -0.2) is 4.98 Å². The number of rotatable bonds is 3. The SMILES string of the molecule is CCC(N)(CC)c1nc2ccc(Cl)cc2[nH]1. The van der Waals surface area contributed by atoms with Crippen molar-refractivity contribution in [2.75, 3.05) is 0 Å². The van der Waals surface area contributed by atoms with Crippen molar-refractivity contribution in [3.63, 3.8) is 0 Å². The lowest BCUT2D eigenvalue weighted by molar-refractivity contribution is 0.392. The van der Waals surface area contributed by atoms with Crippen molar-refractivity contribution in [3.8, 4) is 0 Å². The lowest BCUT2D eigenvalue weighted by Crippen LogP contribution is -2.36. The van der Waals surface area contributed by atoms with Gasteiger partial charge in [0, 0.05) is 5.02 Å². The summed E-state index contributed by atoms with van der Waals surface area (Å²) in [7, 11) is 0. The molecule has 0 saturated heterocycles. The number of aromatic amines is 1. The molecule has 0 radical (unpaired) electrons. The summed E-state index contributed by atoms with van der Waals surface area (Å²) in [6.45, 7) is 4.15. The molecule has 3 nitrogen and oxygen atoms in total. The standard InChI is InChI=1S/C12H16ClN3/c1-3-12(14,4-2)11-15-9-6-5-8(13)7-10(9)16-11/h5-7H,3-4,14H2,1-2H3,(H,15,16). The molecule has 86 valence electrons. The number of halogens is 1. The van der Waals surface area contributed by atoms with Crippen LogP contribution >= 0.6 is 11.6 Å². The zero-order chi connectivity index (χ0) is 11.8. The predicted octanol–water partition coefficient (Wildman–Crippen LogP) is 3.19. The smallest absolute Gasteiger partial charge is 0.127 e. The Hall–Kier alpha value is -1.06. The first kappa shape index (κ1) is 11.4. The Morgan fingerprint density at radius 2 is 2.06 bits per heavy atom. The third-order valence-corrected chi connectivity index (χ3v) is 3.41. The first-order valence-electron chi connectivity index (χ1n) is 5.53. The second-order valence-electron chi connectivity index (χ2n) is 4.11. The molecule has 16 heavy (non-hydrogen) atoms. The summed E-state index contributed by atoms with van der Waals surface area (Å²) >= 11 is 5.93. The maximum absolute atomic E-state index is 6.29. The third-order valence-electron chi connectivity index (χ3n) is 3.18. The number of hydrogen-bond donors (Lipinski definition) is 2. The van der Waals surface area contributed by atoms with Crippen LogP contribution in [0.1, 0.15) is 32.5 Å². The minimum atomic E-state index is -0.370. The first-order chi connectivity index (χ1) is 7.59. The number of imidazole rings is 1. The van der Waals surface area contributed by atoms with Gasteiger partial charge in [-0.1, -0.05) is 25.4 Å². The van der Waals surface area contributed by atoms with Crippen molar-refractivity contribution in [1.29, 1.82) is 0 Å². The number of nitrogens with zero attached hydrogens (tertiary/aromatic N) is 1. The molecule has 1 aromatic carbocycles. The van der Waals surface area contributed by atoms with Crippen LogP contribution in [0.25, 0.3) is 11.0 Å². The lowest BCUT2D eigenvalue weighted by Gasteiger charge is -2.23. The van der Waals surface area contributed by atoms with Crippen LogP contribution in [0, 0.1) is 0 Å². The molecule has 0 saturated carbocycles. The molecule has 1 aromatic heterocycles. The van der Waals surface area contributed by atoms with Crippen molar-refractivity contribution in [1.82, 2.24) is 9.97 Å². The molecule has 0 unspecified atom stereocenters. The Morgan fingerprint density at radius 1 is 1.38 bits per heavy atom. The minimum absolute atomic E-state index is 0.370. The van der Waals surface area contributed by atoms with E-state index in [0.29, 0.717) is 5.02 Å². The molecule has 3 N–H and O–H groups in total. The Kier molecular flexibility index (Phi) is 2.91. The normalized spacial score (nSPS) is 12.2. The van der Waals surface area contributed by atoms with E-state index in [9.17, 15) is 0 Å². The van der Waals surface area contributed by atoms with Gasteiger partial charge in [-0.05, 0) is 31.0 Å². The van der Waals surface area contributed by atoms with Crippen LogP contribution in [0.3, 0.4) is 0 Å². The quantitative estimate of drug-likeness (QED) is 0.862. The Labute approximate surface area is 100 Å². The Bertz CT molecular complexity index is 500. The van der Waals surface area contributed by atoms with Gasteiger partial charge in [0.15, 0.2) is 0 Å². The highest BCUT2D eigenvalue weighted by Crippen LogP contribution is 2.26. The topological polar surface area (TPSA) is 54.7 Å². The monoisotopic (exact) mass is 237 g/mol. The second kappa shape index (κ2) is 4.07. The number of benzene rings is 1. The van der Waals surface area contributed by atoms with Gasteiger partial charge in [-0.15, -0.1) is 0 Å². The average molecular weight is 238 g/mol. The van der Waals surface area contributed by atoms with E-state index < -0.39 is 0 Å². The second-order valence-corrected chi connectivity index (χ2v) is 4.55. The Morgan fingerprint density at radius 3 is 2.69 bits per heavy atom. The van der Waals surface area contributed by atoms with Crippen molar-refractivity contribution in [3.05, 3.63) is 29.0 Å². The fourth-order valence-electron chi connectivity index (χ4n) is 1.80. The maximum atomic E-state index is 6.29. The number of nitrogens with one attached hydrogen (secondary N) is 1. The molecule has 0 amide bonds. The molecule has 0 fully saturated rings. The van der Waals surface area contributed by atoms with Crippen molar-refractivity contribution in [2.24, 2.45) is 5.73 Å². The maximum Gasteiger partial charge on any atom is 0.127 e. The number of hydrogen-bond acceptors (Lipinski definition) is 2. The van der Waals surface area contributed by atoms with Crippen LogP contribution in [0.5, 0.6) is 0 Å². The number of fused-ring (bicyclic) bond motifs is 1. The van der Waals surface area contributed by atoms with E-state index in [-0.39, 0.29) is 5.54 Å². The molecule has 0 aliphatic carbocycles. The molecule has 0 bridgehead atoms. The molecule has 0 aliphatic rings. The summed E-state index contributed by atoms with van der Waals surface area (Å²) < 4.78 is 0. The molecule has 2 aromatic rings. The molecule has 0 atom stereocenters. The van der Waals surface area contributed by atoms with Crippen molar-refractivity contribution in [2.45, 2.75) is 32.2 Å². The van der Waals surface area contributed by atoms with Crippen LogP contribution in [0.15, 0.2) is 18.2 Å². The van der Waals surface area contributed by atoms with Gasteiger partial charge in [0.25, 0.3) is 0 Å². The van der Waals surface area contributed by atoms with E-state index in [1.807, 2.05) is 18.2 Å². The van der Waals surface area contributed by atoms with Crippen LogP contribution in [-0.4, -0.2) is 9.97 Å². The number of H-pyrrole nitrogens is 1. The van der Waals surface area contributed by atoms with Crippen LogP contribution in [-0.2, 0) is 5.54 Å². The summed E-state index contributed by atoms with van der Waals surface area (Å²) in [5.74, 6) is 0.842. The third kappa shape index (κ3) is 1.81. The highest BCUT2D eigenvalue weighted by Gasteiger charge is 2.26. The summed E-state index contributed by atoms with van der Waals surface area (Å²) in [5.41, 5.74) is 7.78. The molecular weight excluding hydrogens is 222 g/mol. The van der Waals surface area contributed by atoms with Gasteiger partial charge in [0.1, 0.15) is 5.82 Å². The van der Waals surface area contributed by atoms with Gasteiger partial charge in [-0.3, -0.25) is 0 Å². The largest absolute Gasteiger partial charge is 0.340 e. The van der Waals surface area contributed by atoms with Crippen LogP contribution in [0.4, 0.5) is 0 Å². The highest BCUT2D eigenvalue weighted by atomic mass is 35.5. The van der Waals surface area contributed by atoms with E-state index in [1.54, 1.807) is 0 Å². The molecule has 2 rings (SSSR count). The van der Waals surface area contributed by atoms with Gasteiger partial charge in [0.2, 0.25) is 0 Å². The van der Waals surface area contributed by atoms with Crippen molar-refractivity contribution >= 4 is 22.6 Å². The summed E-state index contributed by atoms with van der Waals surface area (Å²) in [5, 5.41) is 0.707. The van der Waals surface area contributed by atoms with E-state index in [1.165, 1.54) is 0 Å².